The van der Waals surface area contributed by atoms with Crippen LogP contribution in [0, 0.1) is 0 Å². The van der Waals surface area contributed by atoms with Gasteiger partial charge in [-0.2, -0.15) is 0 Å². The van der Waals surface area contributed by atoms with Crippen LogP contribution in [0.2, 0.25) is 0 Å². The first kappa shape index (κ1) is 18.0. The predicted octanol–water partition coefficient (Wildman–Crippen LogP) is 4.27. The van der Waals surface area contributed by atoms with E-state index in [0.717, 1.165) is 21.9 Å². The molecule has 5 nitrogen and oxygen atoms in total. The Morgan fingerprint density at radius 2 is 1.89 bits per heavy atom. The molecular weight excluding hydrogens is 352 g/mol. The molecule has 4 rings (SSSR count). The van der Waals surface area contributed by atoms with Crippen molar-refractivity contribution in [3.8, 4) is 5.75 Å². The lowest BCUT2D eigenvalue weighted by molar-refractivity contribution is -0.150. The lowest BCUT2D eigenvalue weighted by atomic mass is 9.82. The molecule has 0 fully saturated rings. The number of esters is 1. The van der Waals surface area contributed by atoms with E-state index in [0.29, 0.717) is 11.3 Å². The highest BCUT2D eigenvalue weighted by Crippen LogP contribution is 2.45. The van der Waals surface area contributed by atoms with Gasteiger partial charge in [0.1, 0.15) is 16.9 Å². The fraction of sp³-hybridized carbons (Fsp3) is 0.217. The van der Waals surface area contributed by atoms with Crippen molar-refractivity contribution in [1.29, 1.82) is 0 Å². The summed E-state index contributed by atoms with van der Waals surface area (Å²) in [5.74, 6) is -0.182. The summed E-state index contributed by atoms with van der Waals surface area (Å²) in [6.45, 7) is 5.48. The third-order valence-electron chi connectivity index (χ3n) is 4.62. The third kappa shape index (κ3) is 3.20. The molecule has 1 aromatic heterocycles. The number of carbonyl (C=O) groups is 1. The molecule has 1 aliphatic rings. The molecule has 142 valence electrons. The zero-order valence-corrected chi connectivity index (χ0v) is 16.1. The molecule has 0 saturated carbocycles. The summed E-state index contributed by atoms with van der Waals surface area (Å²) in [5, 5.41) is 1.99. The molecular formula is C23H22N2O3. The quantitative estimate of drug-likeness (QED) is 0.678. The largest absolute Gasteiger partial charge is 0.456 e. The van der Waals surface area contributed by atoms with Crippen LogP contribution >= 0.6 is 0 Å². The van der Waals surface area contributed by atoms with Crippen LogP contribution in [0.4, 0.5) is 0 Å². The number of nitrogens with zero attached hydrogens (tertiary/aromatic N) is 1. The number of hydrogen-bond donors (Lipinski definition) is 1. The number of ether oxygens (including phenoxy) is 2. The highest BCUT2D eigenvalue weighted by Gasteiger charge is 2.37. The van der Waals surface area contributed by atoms with Gasteiger partial charge in [-0.25, -0.2) is 4.79 Å². The number of benzene rings is 2. The van der Waals surface area contributed by atoms with Gasteiger partial charge in [0.2, 0.25) is 5.88 Å². The fourth-order valence-corrected chi connectivity index (χ4v) is 3.51. The molecule has 28 heavy (non-hydrogen) atoms. The lowest BCUT2D eigenvalue weighted by Crippen LogP contribution is -2.32. The topological polar surface area (TPSA) is 74.4 Å². The number of nitrogens with two attached hydrogens (primary N) is 1. The summed E-state index contributed by atoms with van der Waals surface area (Å²) < 4.78 is 11.6. The molecule has 2 aromatic carbocycles. The van der Waals surface area contributed by atoms with E-state index in [4.69, 9.17) is 15.2 Å². The summed E-state index contributed by atoms with van der Waals surface area (Å²) >= 11 is 0. The Labute approximate surface area is 163 Å². The second-order valence-corrected chi connectivity index (χ2v) is 7.81. The van der Waals surface area contributed by atoms with Gasteiger partial charge in [0.25, 0.3) is 0 Å². The Bertz CT molecular complexity index is 1080. The Kier molecular flexibility index (Phi) is 4.30. The minimum absolute atomic E-state index is 0.0620. The van der Waals surface area contributed by atoms with Crippen molar-refractivity contribution in [2.24, 2.45) is 5.73 Å². The maximum atomic E-state index is 13.0. The molecule has 2 heterocycles. The van der Waals surface area contributed by atoms with E-state index < -0.39 is 17.5 Å². The predicted molar refractivity (Wildman–Crippen MR) is 108 cm³/mol. The SMILES string of the molecule is CC(C)(C)OC(=O)C1=C(N)Oc2c(ccc3ccccc23)[C@@H]1c1cccnc1. The first-order valence-electron chi connectivity index (χ1n) is 9.17. The van der Waals surface area contributed by atoms with Crippen molar-refractivity contribution < 1.29 is 14.3 Å². The third-order valence-corrected chi connectivity index (χ3v) is 4.62. The van der Waals surface area contributed by atoms with Crippen molar-refractivity contribution in [2.75, 3.05) is 0 Å². The average molecular weight is 374 g/mol. The Balaban J connectivity index is 1.93. The van der Waals surface area contributed by atoms with E-state index in [1.807, 2.05) is 69.3 Å². The fourth-order valence-electron chi connectivity index (χ4n) is 3.51. The number of hydrogen-bond acceptors (Lipinski definition) is 5. The van der Waals surface area contributed by atoms with Crippen molar-refractivity contribution in [2.45, 2.75) is 32.3 Å². The van der Waals surface area contributed by atoms with Crippen molar-refractivity contribution >= 4 is 16.7 Å². The highest BCUT2D eigenvalue weighted by atomic mass is 16.6. The van der Waals surface area contributed by atoms with Crippen molar-refractivity contribution in [1.82, 2.24) is 4.98 Å². The molecule has 0 bridgehead atoms. The first-order valence-corrected chi connectivity index (χ1v) is 9.17. The van der Waals surface area contributed by atoms with Crippen LogP contribution in [0.3, 0.4) is 0 Å². The molecule has 5 heteroatoms. The highest BCUT2D eigenvalue weighted by molar-refractivity contribution is 5.96. The maximum absolute atomic E-state index is 13.0. The summed E-state index contributed by atoms with van der Waals surface area (Å²) in [6, 6.07) is 15.7. The summed E-state index contributed by atoms with van der Waals surface area (Å²) in [7, 11) is 0. The maximum Gasteiger partial charge on any atom is 0.340 e. The van der Waals surface area contributed by atoms with E-state index in [-0.39, 0.29) is 5.88 Å². The Morgan fingerprint density at radius 1 is 1.11 bits per heavy atom. The molecule has 0 spiro atoms. The molecule has 2 N–H and O–H groups in total. The zero-order chi connectivity index (χ0) is 19.9. The number of pyridine rings is 1. The number of carbonyl (C=O) groups excluding carboxylic acids is 1. The summed E-state index contributed by atoms with van der Waals surface area (Å²) in [5.41, 5.74) is 7.64. The number of aromatic nitrogens is 1. The van der Waals surface area contributed by atoms with Crippen LogP contribution in [-0.2, 0) is 9.53 Å². The molecule has 0 amide bonds. The second kappa shape index (κ2) is 6.68. The first-order chi connectivity index (χ1) is 13.3. The van der Waals surface area contributed by atoms with Crippen LogP contribution < -0.4 is 10.5 Å². The normalized spacial score (nSPS) is 16.5. The number of fused-ring (bicyclic) bond motifs is 3. The van der Waals surface area contributed by atoms with Crippen LogP contribution in [-0.4, -0.2) is 16.6 Å². The minimum atomic E-state index is -0.645. The Hall–Kier alpha value is -3.34. The van der Waals surface area contributed by atoms with Gasteiger partial charge in [-0.1, -0.05) is 42.5 Å². The summed E-state index contributed by atoms with van der Waals surface area (Å²) in [4.78, 5) is 17.3. The summed E-state index contributed by atoms with van der Waals surface area (Å²) in [6.07, 6.45) is 3.44. The molecule has 0 saturated heterocycles. The molecule has 1 aliphatic heterocycles. The van der Waals surface area contributed by atoms with E-state index in [2.05, 4.69) is 4.98 Å². The Morgan fingerprint density at radius 3 is 2.61 bits per heavy atom. The van der Waals surface area contributed by atoms with Crippen LogP contribution in [0.1, 0.15) is 37.8 Å². The average Bonchev–Trinajstić information content (AvgIpc) is 2.66. The van der Waals surface area contributed by atoms with Crippen LogP contribution in [0.5, 0.6) is 5.75 Å². The van der Waals surface area contributed by atoms with E-state index in [1.165, 1.54) is 0 Å². The van der Waals surface area contributed by atoms with Crippen molar-refractivity contribution in [3.63, 3.8) is 0 Å². The van der Waals surface area contributed by atoms with Gasteiger partial charge in [-0.05, 0) is 37.8 Å². The van der Waals surface area contributed by atoms with E-state index >= 15 is 0 Å². The number of rotatable bonds is 2. The second-order valence-electron chi connectivity index (χ2n) is 7.81. The molecule has 0 unspecified atom stereocenters. The van der Waals surface area contributed by atoms with Gasteiger partial charge in [-0.15, -0.1) is 0 Å². The molecule has 0 radical (unpaired) electrons. The standard InChI is InChI=1S/C23H22N2O3/c1-23(2,3)28-22(26)19-18(15-8-6-12-25-13-15)17-11-10-14-7-4-5-9-16(14)20(17)27-21(19)24/h4-13,18H,24H2,1-3H3/t18-/m0/s1. The van der Waals surface area contributed by atoms with Gasteiger partial charge in [0.15, 0.2) is 0 Å². The van der Waals surface area contributed by atoms with Crippen molar-refractivity contribution in [3.05, 3.63) is 83.5 Å². The zero-order valence-electron chi connectivity index (χ0n) is 16.1. The van der Waals surface area contributed by atoms with Crippen LogP contribution in [0.25, 0.3) is 10.8 Å². The van der Waals surface area contributed by atoms with Gasteiger partial charge < -0.3 is 15.2 Å². The smallest absolute Gasteiger partial charge is 0.340 e. The monoisotopic (exact) mass is 374 g/mol. The van der Waals surface area contributed by atoms with E-state index in [1.54, 1.807) is 12.4 Å². The van der Waals surface area contributed by atoms with Gasteiger partial charge in [0, 0.05) is 23.3 Å². The lowest BCUT2D eigenvalue weighted by Gasteiger charge is -2.31. The van der Waals surface area contributed by atoms with Gasteiger partial charge >= 0.3 is 5.97 Å². The molecule has 0 aliphatic carbocycles. The van der Waals surface area contributed by atoms with Gasteiger partial charge in [0.05, 0.1) is 5.92 Å². The molecule has 3 aromatic rings. The van der Waals surface area contributed by atoms with E-state index in [9.17, 15) is 4.79 Å². The molecule has 1 atom stereocenters. The van der Waals surface area contributed by atoms with Crippen LogP contribution in [0.15, 0.2) is 72.4 Å². The minimum Gasteiger partial charge on any atom is -0.456 e. The van der Waals surface area contributed by atoms with Gasteiger partial charge in [-0.3, -0.25) is 4.98 Å².